The minimum Gasteiger partial charge on any atom is -0.495 e. The lowest BCUT2D eigenvalue weighted by atomic mass is 9.91. The Bertz CT molecular complexity index is 1210. The average Bonchev–Trinajstić information content (AvgIpc) is 2.83. The molecular weight excluding hydrogens is 483 g/mol. The number of nitrogens with zero attached hydrogens (tertiary/aromatic N) is 2. The summed E-state index contributed by atoms with van der Waals surface area (Å²) in [6.45, 7) is 0.208. The maximum Gasteiger partial charge on any atom is 0.487 e. The van der Waals surface area contributed by atoms with Crippen molar-refractivity contribution in [3.8, 4) is 5.75 Å². The van der Waals surface area contributed by atoms with Gasteiger partial charge in [0, 0.05) is 24.2 Å². The minimum atomic E-state index is -4.88. The third kappa shape index (κ3) is 5.46. The number of aromatic nitrogens is 1. The lowest BCUT2D eigenvalue weighted by Crippen LogP contribution is -2.51. The molecule has 10 heteroatoms. The van der Waals surface area contributed by atoms with Gasteiger partial charge >= 0.3 is 6.30 Å². The average molecular weight is 508 g/mol. The molecule has 0 aliphatic heterocycles. The number of aliphatic hydroxyl groups is 1. The van der Waals surface area contributed by atoms with Crippen LogP contribution in [0.15, 0.2) is 48.7 Å². The number of benzene rings is 2. The SMILES string of the molecule is COc1ccc(CNc2c(C(=O)N(C3CCC(O)CC3)C(F)(F)F)cnc3ccccc23)cc1Cl. The van der Waals surface area contributed by atoms with Crippen LogP contribution in [0, 0.1) is 0 Å². The van der Waals surface area contributed by atoms with E-state index in [1.807, 2.05) is 0 Å². The summed E-state index contributed by atoms with van der Waals surface area (Å²) < 4.78 is 47.5. The second kappa shape index (κ2) is 10.3. The summed E-state index contributed by atoms with van der Waals surface area (Å²) in [7, 11) is 1.50. The van der Waals surface area contributed by atoms with Crippen molar-refractivity contribution in [2.24, 2.45) is 0 Å². The summed E-state index contributed by atoms with van der Waals surface area (Å²) >= 11 is 6.21. The van der Waals surface area contributed by atoms with E-state index >= 15 is 0 Å². The molecule has 2 aromatic carbocycles. The number of hydrogen-bond acceptors (Lipinski definition) is 5. The first-order valence-corrected chi connectivity index (χ1v) is 11.6. The molecule has 1 aliphatic rings. The van der Waals surface area contributed by atoms with Crippen molar-refractivity contribution in [3.05, 3.63) is 64.8 Å². The molecule has 0 radical (unpaired) electrons. The van der Waals surface area contributed by atoms with E-state index in [9.17, 15) is 23.1 Å². The zero-order chi connectivity index (χ0) is 25.2. The zero-order valence-corrected chi connectivity index (χ0v) is 19.7. The number of carbonyl (C=O) groups excluding carboxylic acids is 1. The van der Waals surface area contributed by atoms with Gasteiger partial charge in [-0.1, -0.05) is 35.9 Å². The van der Waals surface area contributed by atoms with E-state index in [2.05, 4.69) is 10.3 Å². The molecule has 1 aromatic heterocycles. The van der Waals surface area contributed by atoms with Crippen LogP contribution >= 0.6 is 11.6 Å². The van der Waals surface area contributed by atoms with Crippen LogP contribution in [0.4, 0.5) is 18.9 Å². The first-order valence-electron chi connectivity index (χ1n) is 11.2. The molecule has 0 spiro atoms. The zero-order valence-electron chi connectivity index (χ0n) is 19.0. The number of alkyl halides is 3. The summed E-state index contributed by atoms with van der Waals surface area (Å²) in [4.78, 5) is 17.6. The Balaban J connectivity index is 1.71. The van der Waals surface area contributed by atoms with Gasteiger partial charge in [0.1, 0.15) is 5.75 Å². The number of aliphatic hydroxyl groups excluding tert-OH is 1. The Kier molecular flexibility index (Phi) is 7.37. The smallest absolute Gasteiger partial charge is 0.487 e. The van der Waals surface area contributed by atoms with Crippen molar-refractivity contribution in [1.29, 1.82) is 0 Å². The van der Waals surface area contributed by atoms with Crippen molar-refractivity contribution in [1.82, 2.24) is 9.88 Å². The molecule has 0 saturated heterocycles. The number of nitrogens with one attached hydrogen (secondary N) is 1. The van der Waals surface area contributed by atoms with E-state index in [-0.39, 0.29) is 48.4 Å². The van der Waals surface area contributed by atoms with Crippen molar-refractivity contribution in [2.75, 3.05) is 12.4 Å². The molecule has 186 valence electrons. The summed E-state index contributed by atoms with van der Waals surface area (Å²) in [5, 5.41) is 13.8. The molecule has 1 fully saturated rings. The Hall–Kier alpha value is -3.04. The minimum absolute atomic E-state index is 0.0138. The molecule has 2 N–H and O–H groups in total. The Morgan fingerprint density at radius 2 is 1.91 bits per heavy atom. The topological polar surface area (TPSA) is 74.7 Å². The first kappa shape index (κ1) is 25.1. The highest BCUT2D eigenvalue weighted by atomic mass is 35.5. The maximum atomic E-state index is 14.1. The summed E-state index contributed by atoms with van der Waals surface area (Å²) in [5.74, 6) is -0.675. The van der Waals surface area contributed by atoms with Gasteiger partial charge in [0.05, 0.1) is 35.0 Å². The van der Waals surface area contributed by atoms with Crippen LogP contribution in [0.1, 0.15) is 41.6 Å². The van der Waals surface area contributed by atoms with Gasteiger partial charge in [0.25, 0.3) is 5.91 Å². The van der Waals surface area contributed by atoms with E-state index in [4.69, 9.17) is 16.3 Å². The Morgan fingerprint density at radius 3 is 2.57 bits per heavy atom. The standard InChI is InChI=1S/C25H25ClF3N3O3/c1-35-22-11-6-15(12-20(22)26)13-31-23-18-4-2-3-5-21(18)30-14-19(23)24(34)32(25(27,28)29)16-7-9-17(33)10-8-16/h2-6,11-12,14,16-17,33H,7-10,13H2,1H3,(H,30,31). The highest BCUT2D eigenvalue weighted by Gasteiger charge is 2.47. The molecule has 0 bridgehead atoms. The van der Waals surface area contributed by atoms with E-state index in [0.29, 0.717) is 21.7 Å². The molecular formula is C25H25ClF3N3O3. The molecule has 1 aliphatic carbocycles. The number of carbonyl (C=O) groups is 1. The van der Waals surface area contributed by atoms with Crippen molar-refractivity contribution < 1.29 is 27.8 Å². The monoisotopic (exact) mass is 507 g/mol. The summed E-state index contributed by atoms with van der Waals surface area (Å²) in [5.41, 5.74) is 1.38. The van der Waals surface area contributed by atoms with Crippen LogP contribution in [-0.4, -0.2) is 46.5 Å². The van der Waals surface area contributed by atoms with Crippen LogP contribution in [-0.2, 0) is 6.54 Å². The van der Waals surface area contributed by atoms with Crippen molar-refractivity contribution >= 4 is 34.1 Å². The van der Waals surface area contributed by atoms with Crippen LogP contribution in [0.2, 0.25) is 5.02 Å². The maximum absolute atomic E-state index is 14.1. The number of halogens is 4. The first-order chi connectivity index (χ1) is 16.7. The van der Waals surface area contributed by atoms with Gasteiger partial charge < -0.3 is 15.2 Å². The number of methoxy groups -OCH3 is 1. The number of anilines is 1. The van der Waals surface area contributed by atoms with Gasteiger partial charge in [0.2, 0.25) is 0 Å². The number of fused-ring (bicyclic) bond motifs is 1. The number of ether oxygens (including phenoxy) is 1. The molecule has 35 heavy (non-hydrogen) atoms. The van der Waals surface area contributed by atoms with Crippen molar-refractivity contribution in [3.63, 3.8) is 0 Å². The number of amides is 1. The molecule has 1 saturated carbocycles. The third-order valence-electron chi connectivity index (χ3n) is 6.21. The predicted octanol–water partition coefficient (Wildman–Crippen LogP) is 5.77. The molecule has 0 atom stereocenters. The van der Waals surface area contributed by atoms with Crippen LogP contribution in [0.5, 0.6) is 5.75 Å². The molecule has 0 unspecified atom stereocenters. The number of rotatable bonds is 6. The quantitative estimate of drug-likeness (QED) is 0.414. The van der Waals surface area contributed by atoms with Crippen LogP contribution in [0.3, 0.4) is 0 Å². The van der Waals surface area contributed by atoms with Gasteiger partial charge in [-0.25, -0.2) is 4.90 Å². The largest absolute Gasteiger partial charge is 0.495 e. The van der Waals surface area contributed by atoms with E-state index in [0.717, 1.165) is 5.56 Å². The van der Waals surface area contributed by atoms with Gasteiger partial charge in [0.15, 0.2) is 0 Å². The van der Waals surface area contributed by atoms with E-state index in [1.54, 1.807) is 42.5 Å². The third-order valence-corrected chi connectivity index (χ3v) is 6.51. The van der Waals surface area contributed by atoms with Gasteiger partial charge in [-0.05, 0) is 49.4 Å². The molecule has 4 rings (SSSR count). The fourth-order valence-corrected chi connectivity index (χ4v) is 4.72. The summed E-state index contributed by atoms with van der Waals surface area (Å²) in [6, 6.07) is 11.0. The highest BCUT2D eigenvalue weighted by molar-refractivity contribution is 6.32. The molecule has 3 aromatic rings. The number of para-hydroxylation sites is 1. The van der Waals surface area contributed by atoms with Gasteiger partial charge in [-0.2, -0.15) is 0 Å². The molecule has 1 heterocycles. The summed E-state index contributed by atoms with van der Waals surface area (Å²) in [6.07, 6.45) is -3.78. The predicted molar refractivity (Wildman–Crippen MR) is 128 cm³/mol. The fourth-order valence-electron chi connectivity index (χ4n) is 4.44. The lowest BCUT2D eigenvalue weighted by Gasteiger charge is -2.37. The Labute approximate surface area is 205 Å². The lowest BCUT2D eigenvalue weighted by molar-refractivity contribution is -0.239. The number of pyridine rings is 1. The van der Waals surface area contributed by atoms with Gasteiger partial charge in [-0.3, -0.25) is 9.78 Å². The second-order valence-corrected chi connectivity index (χ2v) is 8.90. The van der Waals surface area contributed by atoms with Crippen molar-refractivity contribution in [2.45, 2.75) is 50.7 Å². The Morgan fingerprint density at radius 1 is 1.20 bits per heavy atom. The van der Waals surface area contributed by atoms with Crippen LogP contribution < -0.4 is 10.1 Å². The van der Waals surface area contributed by atoms with Gasteiger partial charge in [-0.15, -0.1) is 13.2 Å². The van der Waals surface area contributed by atoms with E-state index < -0.39 is 24.4 Å². The highest BCUT2D eigenvalue weighted by Crippen LogP contribution is 2.36. The fraction of sp³-hybridized carbons (Fsp3) is 0.360. The normalized spacial score (nSPS) is 18.3. The molecule has 6 nitrogen and oxygen atoms in total. The van der Waals surface area contributed by atoms with Crippen LogP contribution in [0.25, 0.3) is 10.9 Å². The molecule has 1 amide bonds. The van der Waals surface area contributed by atoms with E-state index in [1.165, 1.54) is 13.3 Å². The number of hydrogen-bond donors (Lipinski definition) is 2. The second-order valence-electron chi connectivity index (χ2n) is 8.49.